The van der Waals surface area contributed by atoms with Crippen molar-refractivity contribution in [1.29, 1.82) is 0 Å². The number of amides is 1. The van der Waals surface area contributed by atoms with Crippen LogP contribution in [-0.4, -0.2) is 64.0 Å². The van der Waals surface area contributed by atoms with Gasteiger partial charge >= 0.3 is 6.09 Å². The molecule has 0 atom stereocenters. The maximum Gasteiger partial charge on any atom is 0.410 e. The average molecular weight is 388 g/mol. The number of rotatable bonds is 4. The van der Waals surface area contributed by atoms with Gasteiger partial charge in [0.05, 0.1) is 23.9 Å². The first-order valence-corrected chi connectivity index (χ1v) is 9.43. The lowest BCUT2D eigenvalue weighted by atomic mass is 9.91. The largest absolute Gasteiger partial charge is 0.481 e. The van der Waals surface area contributed by atoms with E-state index in [0.29, 0.717) is 43.9 Å². The molecule has 1 fully saturated rings. The first-order valence-electron chi connectivity index (χ1n) is 9.43. The Bertz CT molecular complexity index is 842. The lowest BCUT2D eigenvalue weighted by molar-refractivity contribution is -0.0244. The normalized spacial score (nSPS) is 16.7. The molecule has 0 saturated carbocycles. The minimum absolute atomic E-state index is 0.334. The van der Waals surface area contributed by atoms with E-state index in [1.54, 1.807) is 24.3 Å². The third kappa shape index (κ3) is 4.81. The Morgan fingerprint density at radius 2 is 2.00 bits per heavy atom. The lowest BCUT2D eigenvalue weighted by Gasteiger charge is -2.38. The van der Waals surface area contributed by atoms with Crippen molar-refractivity contribution >= 4 is 22.8 Å². The average Bonchev–Trinajstić information content (AvgIpc) is 2.65. The number of ether oxygens (including phenoxy) is 2. The summed E-state index contributed by atoms with van der Waals surface area (Å²) in [6.07, 6.45) is 2.31. The van der Waals surface area contributed by atoms with Gasteiger partial charge < -0.3 is 24.8 Å². The number of pyridine rings is 2. The van der Waals surface area contributed by atoms with E-state index in [0.717, 1.165) is 11.2 Å². The molecule has 0 spiro atoms. The van der Waals surface area contributed by atoms with Gasteiger partial charge in [0.25, 0.3) is 0 Å². The minimum Gasteiger partial charge on any atom is -0.481 e. The van der Waals surface area contributed by atoms with E-state index in [-0.39, 0.29) is 6.09 Å². The summed E-state index contributed by atoms with van der Waals surface area (Å²) in [7, 11) is 1.57. The van der Waals surface area contributed by atoms with Crippen molar-refractivity contribution in [2.24, 2.45) is 0 Å². The number of nitrogens with one attached hydrogen (secondary N) is 1. The number of methoxy groups -OCH3 is 1. The fourth-order valence-corrected chi connectivity index (χ4v) is 3.13. The number of carbonyl (C=O) groups is 1. The molecule has 0 radical (unpaired) electrons. The highest BCUT2D eigenvalue weighted by molar-refractivity contribution is 5.87. The number of likely N-dealkylation sites (tertiary alicyclic amines) is 1. The molecule has 1 aliphatic heterocycles. The zero-order chi connectivity index (χ0) is 20.4. The lowest BCUT2D eigenvalue weighted by Crippen LogP contribution is -2.50. The maximum atomic E-state index is 12.2. The first kappa shape index (κ1) is 20.1. The van der Waals surface area contributed by atoms with Crippen LogP contribution < -0.4 is 10.1 Å². The zero-order valence-electron chi connectivity index (χ0n) is 16.9. The number of piperidine rings is 1. The topological polar surface area (TPSA) is 96.8 Å². The van der Waals surface area contributed by atoms with Crippen LogP contribution in [0.15, 0.2) is 24.4 Å². The Balaban J connectivity index is 1.63. The molecule has 1 amide bonds. The van der Waals surface area contributed by atoms with Crippen LogP contribution in [0.1, 0.15) is 33.6 Å². The van der Waals surface area contributed by atoms with Gasteiger partial charge in [0, 0.05) is 31.9 Å². The molecule has 8 heteroatoms. The molecule has 0 bridgehead atoms. The third-order valence-electron chi connectivity index (χ3n) is 4.72. The number of aromatic nitrogens is 2. The van der Waals surface area contributed by atoms with Crippen molar-refractivity contribution in [2.45, 2.75) is 44.8 Å². The van der Waals surface area contributed by atoms with E-state index in [1.807, 2.05) is 32.9 Å². The van der Waals surface area contributed by atoms with Crippen LogP contribution in [0.25, 0.3) is 11.0 Å². The van der Waals surface area contributed by atoms with Crippen molar-refractivity contribution in [1.82, 2.24) is 14.9 Å². The predicted octanol–water partition coefficient (Wildman–Crippen LogP) is 2.81. The number of aliphatic hydroxyl groups is 1. The van der Waals surface area contributed by atoms with Crippen molar-refractivity contribution < 1.29 is 19.4 Å². The van der Waals surface area contributed by atoms with Crippen LogP contribution in [-0.2, 0) is 4.74 Å². The van der Waals surface area contributed by atoms with Gasteiger partial charge in [-0.3, -0.25) is 4.98 Å². The molecule has 8 nitrogen and oxygen atoms in total. The van der Waals surface area contributed by atoms with Crippen molar-refractivity contribution in [3.8, 4) is 5.88 Å². The number of carbonyl (C=O) groups excluding carboxylic acids is 1. The Labute approximate surface area is 164 Å². The number of hydrogen-bond acceptors (Lipinski definition) is 7. The SMILES string of the molecule is COc1ccc2nccc(NCC3(O)CCN(C(=O)OC(C)(C)C)CC3)c2n1. The Hall–Kier alpha value is -2.61. The number of hydrogen-bond donors (Lipinski definition) is 2. The highest BCUT2D eigenvalue weighted by Crippen LogP contribution is 2.27. The highest BCUT2D eigenvalue weighted by atomic mass is 16.6. The summed E-state index contributed by atoms with van der Waals surface area (Å²) in [6.45, 7) is 6.80. The van der Waals surface area contributed by atoms with Crippen molar-refractivity contribution in [3.63, 3.8) is 0 Å². The van der Waals surface area contributed by atoms with Crippen LogP contribution in [0.4, 0.5) is 10.5 Å². The van der Waals surface area contributed by atoms with Crippen molar-refractivity contribution in [2.75, 3.05) is 32.1 Å². The van der Waals surface area contributed by atoms with E-state index >= 15 is 0 Å². The molecule has 0 unspecified atom stereocenters. The molecule has 3 rings (SSSR count). The van der Waals surface area contributed by atoms with E-state index in [9.17, 15) is 9.90 Å². The second-order valence-electron chi connectivity index (χ2n) is 8.13. The smallest absolute Gasteiger partial charge is 0.410 e. The van der Waals surface area contributed by atoms with Gasteiger partial charge in [-0.25, -0.2) is 9.78 Å². The van der Waals surface area contributed by atoms with E-state index in [2.05, 4.69) is 15.3 Å². The summed E-state index contributed by atoms with van der Waals surface area (Å²) in [5.41, 5.74) is 0.789. The molecule has 3 heterocycles. The Morgan fingerprint density at radius 1 is 1.29 bits per heavy atom. The quantitative estimate of drug-likeness (QED) is 0.831. The molecule has 28 heavy (non-hydrogen) atoms. The summed E-state index contributed by atoms with van der Waals surface area (Å²) >= 11 is 0. The summed E-state index contributed by atoms with van der Waals surface area (Å²) in [6, 6.07) is 5.44. The van der Waals surface area contributed by atoms with Crippen LogP contribution in [0.3, 0.4) is 0 Å². The van der Waals surface area contributed by atoms with Gasteiger partial charge in [-0.05, 0) is 45.7 Å². The van der Waals surface area contributed by atoms with Gasteiger partial charge in [-0.2, -0.15) is 0 Å². The number of anilines is 1. The first-order chi connectivity index (χ1) is 13.2. The number of nitrogens with zero attached hydrogens (tertiary/aromatic N) is 3. The summed E-state index contributed by atoms with van der Waals surface area (Å²) in [5.74, 6) is 0.507. The van der Waals surface area contributed by atoms with Gasteiger partial charge in [-0.15, -0.1) is 0 Å². The van der Waals surface area contributed by atoms with Gasteiger partial charge in [0.15, 0.2) is 0 Å². The summed E-state index contributed by atoms with van der Waals surface area (Å²) in [5, 5.41) is 14.2. The van der Waals surface area contributed by atoms with Gasteiger partial charge in [-0.1, -0.05) is 0 Å². The van der Waals surface area contributed by atoms with Gasteiger partial charge in [0.1, 0.15) is 11.1 Å². The molecule has 152 valence electrons. The standard InChI is InChI=1S/C20H28N4O4/c1-19(2,3)28-18(25)24-11-8-20(26,9-12-24)13-22-15-7-10-21-14-5-6-16(27-4)23-17(14)15/h5-7,10,26H,8-9,11-13H2,1-4H3,(H,21,22). The summed E-state index contributed by atoms with van der Waals surface area (Å²) < 4.78 is 10.6. The van der Waals surface area contributed by atoms with Crippen LogP contribution in [0, 0.1) is 0 Å². The molecule has 2 N–H and O–H groups in total. The van der Waals surface area contributed by atoms with E-state index in [4.69, 9.17) is 9.47 Å². The molecule has 1 saturated heterocycles. The number of fused-ring (bicyclic) bond motifs is 1. The zero-order valence-corrected chi connectivity index (χ0v) is 16.9. The minimum atomic E-state index is -0.910. The molecular formula is C20H28N4O4. The second-order valence-corrected chi connectivity index (χ2v) is 8.13. The Morgan fingerprint density at radius 3 is 2.64 bits per heavy atom. The van der Waals surface area contributed by atoms with Crippen molar-refractivity contribution in [3.05, 3.63) is 24.4 Å². The predicted molar refractivity (Wildman–Crippen MR) is 107 cm³/mol. The molecule has 1 aliphatic rings. The molecule has 2 aromatic heterocycles. The Kier molecular flexibility index (Phi) is 5.60. The fourth-order valence-electron chi connectivity index (χ4n) is 3.13. The van der Waals surface area contributed by atoms with E-state index < -0.39 is 11.2 Å². The van der Waals surface area contributed by atoms with E-state index in [1.165, 1.54) is 0 Å². The molecule has 0 aromatic carbocycles. The monoisotopic (exact) mass is 388 g/mol. The third-order valence-corrected chi connectivity index (χ3v) is 4.72. The summed E-state index contributed by atoms with van der Waals surface area (Å²) in [4.78, 5) is 22.6. The highest BCUT2D eigenvalue weighted by Gasteiger charge is 2.35. The van der Waals surface area contributed by atoms with Gasteiger partial charge in [0.2, 0.25) is 5.88 Å². The second kappa shape index (κ2) is 7.79. The van der Waals surface area contributed by atoms with Crippen LogP contribution in [0.5, 0.6) is 5.88 Å². The van der Waals surface area contributed by atoms with Crippen LogP contribution >= 0.6 is 0 Å². The molecule has 0 aliphatic carbocycles. The molecular weight excluding hydrogens is 360 g/mol. The van der Waals surface area contributed by atoms with Crippen LogP contribution in [0.2, 0.25) is 0 Å². The molecule has 2 aromatic rings. The fraction of sp³-hybridized carbons (Fsp3) is 0.550. The maximum absolute atomic E-state index is 12.2.